The average Bonchev–Trinajstić information content (AvgIpc) is 2.86. The number of nitrogens with one attached hydrogen (secondary N) is 2. The number of rotatable bonds is 5. The van der Waals surface area contributed by atoms with Crippen molar-refractivity contribution in [1.82, 2.24) is 19.4 Å². The molecular weight excluding hydrogens is 290 g/mol. The number of imidazole rings is 1. The topological polar surface area (TPSA) is 119 Å². The van der Waals surface area contributed by atoms with Crippen molar-refractivity contribution in [2.24, 2.45) is 0 Å². The van der Waals surface area contributed by atoms with Crippen LogP contribution in [0.4, 0.5) is 5.82 Å². The van der Waals surface area contributed by atoms with Crippen molar-refractivity contribution < 1.29 is 13.2 Å². The number of sulfonamides is 1. The number of aromatic nitrogens is 2. The van der Waals surface area contributed by atoms with E-state index >= 15 is 0 Å². The molecule has 0 saturated carbocycles. The second-order valence-corrected chi connectivity index (χ2v) is 6.19. The van der Waals surface area contributed by atoms with Crippen molar-refractivity contribution in [3.8, 4) is 0 Å². The summed E-state index contributed by atoms with van der Waals surface area (Å²) in [5, 5.41) is 4.05. The molecule has 0 aliphatic rings. The molecule has 0 radical (unpaired) electrons. The molecule has 2 aromatic heterocycles. The fourth-order valence-corrected chi connectivity index (χ4v) is 3.50. The van der Waals surface area contributed by atoms with Gasteiger partial charge in [-0.05, 0) is 6.92 Å². The Morgan fingerprint density at radius 1 is 1.58 bits per heavy atom. The zero-order chi connectivity index (χ0) is 14.0. The van der Waals surface area contributed by atoms with Crippen LogP contribution < -0.4 is 15.8 Å². The first-order valence-corrected chi connectivity index (χ1v) is 7.79. The Morgan fingerprint density at radius 3 is 3.00 bits per heavy atom. The first kappa shape index (κ1) is 13.8. The molecule has 1 amide bonds. The monoisotopic (exact) mass is 303 g/mol. The Labute approximate surface area is 113 Å². The second-order valence-electron chi connectivity index (χ2n) is 3.64. The average molecular weight is 303 g/mol. The summed E-state index contributed by atoms with van der Waals surface area (Å²) in [6.45, 7) is 1.84. The lowest BCUT2D eigenvalue weighted by molar-refractivity contribution is -0.119. The van der Waals surface area contributed by atoms with Gasteiger partial charge in [0.15, 0.2) is 15.8 Å². The van der Waals surface area contributed by atoms with Crippen LogP contribution >= 0.6 is 11.3 Å². The number of hydrogen-bond donors (Lipinski definition) is 3. The smallest absolute Gasteiger partial charge is 0.260 e. The molecule has 0 aliphatic heterocycles. The highest BCUT2D eigenvalue weighted by Gasteiger charge is 2.24. The van der Waals surface area contributed by atoms with Gasteiger partial charge >= 0.3 is 0 Å². The maximum Gasteiger partial charge on any atom is 0.260 e. The maximum absolute atomic E-state index is 12.1. The third-order valence-electron chi connectivity index (χ3n) is 2.29. The lowest BCUT2D eigenvalue weighted by Crippen LogP contribution is -2.37. The van der Waals surface area contributed by atoms with Crippen molar-refractivity contribution in [2.45, 2.75) is 11.9 Å². The standard InChI is InChI=1S/C9H13N5O3S2/c1-2-11-6(15)5-12-19(16,17)8-7(10)13-9-14(8)3-4-18-9/h3-4,12H,2,5,10H2,1H3,(H,11,15). The molecule has 10 heteroatoms. The Hall–Kier alpha value is -1.65. The number of amides is 1. The van der Waals surface area contributed by atoms with E-state index in [9.17, 15) is 13.2 Å². The predicted octanol–water partition coefficient (Wildman–Crippen LogP) is -0.608. The number of nitrogen functional groups attached to an aromatic ring is 1. The third kappa shape index (κ3) is 2.69. The van der Waals surface area contributed by atoms with E-state index in [1.165, 1.54) is 15.7 Å². The molecule has 0 bridgehead atoms. The highest BCUT2D eigenvalue weighted by atomic mass is 32.2. The third-order valence-corrected chi connectivity index (χ3v) is 4.49. The minimum absolute atomic E-state index is 0.0877. The largest absolute Gasteiger partial charge is 0.381 e. The van der Waals surface area contributed by atoms with Gasteiger partial charge in [-0.25, -0.2) is 18.1 Å². The number of nitrogens with zero attached hydrogens (tertiary/aromatic N) is 2. The number of anilines is 1. The highest BCUT2D eigenvalue weighted by Crippen LogP contribution is 2.22. The lowest BCUT2D eigenvalue weighted by atomic mass is 10.6. The van der Waals surface area contributed by atoms with Gasteiger partial charge in [-0.1, -0.05) is 0 Å². The number of carbonyl (C=O) groups excluding carboxylic acids is 1. The van der Waals surface area contributed by atoms with Gasteiger partial charge in [-0.3, -0.25) is 9.20 Å². The predicted molar refractivity (Wildman–Crippen MR) is 71.4 cm³/mol. The van der Waals surface area contributed by atoms with Gasteiger partial charge in [-0.15, -0.1) is 11.3 Å². The van der Waals surface area contributed by atoms with E-state index in [2.05, 4.69) is 15.0 Å². The molecule has 8 nitrogen and oxygen atoms in total. The summed E-state index contributed by atoms with van der Waals surface area (Å²) in [6, 6.07) is 0. The van der Waals surface area contributed by atoms with E-state index < -0.39 is 15.9 Å². The molecule has 0 unspecified atom stereocenters. The Morgan fingerprint density at radius 2 is 2.32 bits per heavy atom. The van der Waals surface area contributed by atoms with Gasteiger partial charge < -0.3 is 11.1 Å². The van der Waals surface area contributed by atoms with E-state index in [0.717, 1.165) is 0 Å². The van der Waals surface area contributed by atoms with Gasteiger partial charge in [0.25, 0.3) is 10.0 Å². The van der Waals surface area contributed by atoms with Crippen LogP contribution in [0.15, 0.2) is 16.6 Å². The minimum atomic E-state index is -3.89. The molecule has 2 aromatic rings. The van der Waals surface area contributed by atoms with Gasteiger partial charge in [-0.2, -0.15) is 0 Å². The van der Waals surface area contributed by atoms with Crippen LogP contribution in [-0.2, 0) is 14.8 Å². The summed E-state index contributed by atoms with van der Waals surface area (Å²) in [4.78, 5) is 15.7. The molecule has 4 N–H and O–H groups in total. The Bertz CT molecular complexity index is 703. The van der Waals surface area contributed by atoms with Crippen LogP contribution in [-0.4, -0.2) is 36.8 Å². The summed E-state index contributed by atoms with van der Waals surface area (Å²) < 4.78 is 27.8. The normalized spacial score (nSPS) is 11.8. The highest BCUT2D eigenvalue weighted by molar-refractivity contribution is 7.89. The fraction of sp³-hybridized carbons (Fsp3) is 0.333. The van der Waals surface area contributed by atoms with E-state index in [1.807, 2.05) is 0 Å². The van der Waals surface area contributed by atoms with Crippen molar-refractivity contribution >= 4 is 38.0 Å². The minimum Gasteiger partial charge on any atom is -0.381 e. The van der Waals surface area contributed by atoms with Crippen LogP contribution in [0.5, 0.6) is 0 Å². The summed E-state index contributed by atoms with van der Waals surface area (Å²) in [6.07, 6.45) is 1.56. The van der Waals surface area contributed by atoms with Gasteiger partial charge in [0, 0.05) is 18.1 Å². The van der Waals surface area contributed by atoms with Crippen LogP contribution in [0.25, 0.3) is 4.96 Å². The first-order valence-electron chi connectivity index (χ1n) is 5.43. The number of carbonyl (C=O) groups is 1. The van der Waals surface area contributed by atoms with E-state index in [4.69, 9.17) is 5.73 Å². The van der Waals surface area contributed by atoms with Crippen LogP contribution in [0.1, 0.15) is 6.92 Å². The summed E-state index contributed by atoms with van der Waals surface area (Å²) in [7, 11) is -3.89. The molecule has 0 fully saturated rings. The number of nitrogens with two attached hydrogens (primary N) is 1. The SMILES string of the molecule is CCNC(=O)CNS(=O)(=O)c1c(N)nc2sccn12. The number of likely N-dealkylation sites (N-methyl/N-ethyl adjacent to an activating group) is 1. The summed E-state index contributed by atoms with van der Waals surface area (Å²) in [5.74, 6) is -0.494. The van der Waals surface area contributed by atoms with Crippen LogP contribution in [0.3, 0.4) is 0 Å². The molecule has 19 heavy (non-hydrogen) atoms. The zero-order valence-electron chi connectivity index (χ0n) is 10.1. The van der Waals surface area contributed by atoms with Crippen molar-refractivity contribution in [3.63, 3.8) is 0 Å². The molecule has 2 rings (SSSR count). The van der Waals surface area contributed by atoms with Crippen molar-refractivity contribution in [3.05, 3.63) is 11.6 Å². The molecule has 0 saturated heterocycles. The van der Waals surface area contributed by atoms with Gasteiger partial charge in [0.1, 0.15) is 0 Å². The zero-order valence-corrected chi connectivity index (χ0v) is 11.7. The van der Waals surface area contributed by atoms with Crippen molar-refractivity contribution in [1.29, 1.82) is 0 Å². The van der Waals surface area contributed by atoms with Gasteiger partial charge in [0.05, 0.1) is 6.54 Å². The molecular formula is C9H13N5O3S2. The second kappa shape index (κ2) is 5.15. The molecule has 0 aliphatic carbocycles. The van der Waals surface area contributed by atoms with E-state index in [0.29, 0.717) is 11.5 Å². The molecule has 0 atom stereocenters. The molecule has 0 spiro atoms. The van der Waals surface area contributed by atoms with Crippen LogP contribution in [0, 0.1) is 0 Å². The molecule has 2 heterocycles. The molecule has 104 valence electrons. The Balaban J connectivity index is 2.26. The fourth-order valence-electron chi connectivity index (χ4n) is 1.54. The van der Waals surface area contributed by atoms with E-state index in [1.54, 1.807) is 18.5 Å². The quantitative estimate of drug-likeness (QED) is 0.681. The summed E-state index contributed by atoms with van der Waals surface area (Å²) in [5.41, 5.74) is 5.60. The number of hydrogen-bond acceptors (Lipinski definition) is 6. The molecule has 0 aromatic carbocycles. The maximum atomic E-state index is 12.1. The number of thiazole rings is 1. The lowest BCUT2D eigenvalue weighted by Gasteiger charge is -2.06. The van der Waals surface area contributed by atoms with Gasteiger partial charge in [0.2, 0.25) is 5.91 Å². The Kier molecular flexibility index (Phi) is 3.73. The summed E-state index contributed by atoms with van der Waals surface area (Å²) >= 11 is 1.27. The van der Waals surface area contributed by atoms with Crippen LogP contribution in [0.2, 0.25) is 0 Å². The first-order chi connectivity index (χ1) is 8.95. The van der Waals surface area contributed by atoms with Crippen molar-refractivity contribution in [2.75, 3.05) is 18.8 Å². The van der Waals surface area contributed by atoms with E-state index in [-0.39, 0.29) is 17.4 Å². The number of fused-ring (bicyclic) bond motifs is 1.